The van der Waals surface area contributed by atoms with Crippen LogP contribution in [0.2, 0.25) is 0 Å². The number of aliphatic carboxylic acids is 1. The summed E-state index contributed by atoms with van der Waals surface area (Å²) in [6.45, 7) is 16.0. The van der Waals surface area contributed by atoms with E-state index in [2.05, 4.69) is 5.32 Å². The quantitative estimate of drug-likeness (QED) is 0.0238. The number of allylic oxidation sites excluding steroid dienone is 2. The van der Waals surface area contributed by atoms with Crippen LogP contribution in [0.1, 0.15) is 173 Å². The Hall–Kier alpha value is -10.9. The van der Waals surface area contributed by atoms with Crippen LogP contribution in [0.25, 0.3) is 60.8 Å². The summed E-state index contributed by atoms with van der Waals surface area (Å²) in [6.07, 6.45) is 2.47. The van der Waals surface area contributed by atoms with Gasteiger partial charge in [-0.15, -0.1) is 0 Å². The van der Waals surface area contributed by atoms with E-state index in [1.54, 1.807) is 42.4 Å². The first-order valence-corrected chi connectivity index (χ1v) is 40.5. The number of carboxylic acid groups (broad SMARTS) is 2. The Labute approximate surface area is 686 Å². The van der Waals surface area contributed by atoms with Gasteiger partial charge in [-0.2, -0.15) is 8.78 Å². The van der Waals surface area contributed by atoms with Crippen molar-refractivity contribution in [2.45, 2.75) is 227 Å². The fourth-order valence-electron chi connectivity index (χ4n) is 17.8. The predicted molar refractivity (Wildman–Crippen MR) is 432 cm³/mol. The molecule has 0 spiro atoms. The summed E-state index contributed by atoms with van der Waals surface area (Å²) < 4.78 is 91.6. The highest BCUT2D eigenvalue weighted by molar-refractivity contribution is 6.17. The predicted octanol–water partition coefficient (Wildman–Crippen LogP) is 11.3. The van der Waals surface area contributed by atoms with Gasteiger partial charge in [-0.1, -0.05) is 51.1 Å². The molecule has 120 heavy (non-hydrogen) atoms. The maximum absolute atomic E-state index is 15.6. The van der Waals surface area contributed by atoms with E-state index in [0.717, 1.165) is 17.4 Å². The fourth-order valence-corrected chi connectivity index (χ4v) is 17.8. The number of nitrogens with zero attached hydrogens (tertiary/aromatic N) is 4. The largest absolute Gasteiger partial charge is 0.507 e. The van der Waals surface area contributed by atoms with Crippen LogP contribution >= 0.6 is 0 Å². The molecule has 4 fully saturated rings. The minimum Gasteiger partial charge on any atom is -0.507 e. The lowest BCUT2D eigenvalue weighted by atomic mass is 9.77. The molecule has 640 valence electrons. The smallest absolute Gasteiger partial charge is 0.387 e. The molecule has 1 aliphatic carbocycles. The number of piperidine rings is 1. The number of alkyl halides is 2. The first-order chi connectivity index (χ1) is 56.8. The van der Waals surface area contributed by atoms with Crippen LogP contribution in [-0.2, 0) is 63.7 Å². The van der Waals surface area contributed by atoms with E-state index in [4.69, 9.17) is 52.0 Å². The second kappa shape index (κ2) is 33.6. The fraction of sp³-hybridized carbons (Fsp3) is 0.500. The summed E-state index contributed by atoms with van der Waals surface area (Å²) in [5.41, 5.74) is -3.31. The maximum atomic E-state index is 15.6. The van der Waals surface area contributed by atoms with Gasteiger partial charge in [0.05, 0.1) is 76.2 Å². The number of aliphatic hydroxyl groups is 3. The summed E-state index contributed by atoms with van der Waals surface area (Å²) in [4.78, 5) is 132. The zero-order chi connectivity index (χ0) is 86.3. The third-order valence-electron chi connectivity index (χ3n) is 24.9. The number of esters is 2. The summed E-state index contributed by atoms with van der Waals surface area (Å²) in [7, 11) is 0. The average Bonchev–Trinajstić information content (AvgIpc) is 1.37. The molecule has 30 nitrogen and oxygen atoms in total. The van der Waals surface area contributed by atoms with Crippen LogP contribution in [0, 0.1) is 41.9 Å². The van der Waals surface area contributed by atoms with Gasteiger partial charge in [0.2, 0.25) is 22.2 Å². The number of phenols is 1. The number of aromatic hydroxyl groups is 1. The molecule has 5 bridgehead atoms. The van der Waals surface area contributed by atoms with Crippen LogP contribution in [0.3, 0.4) is 0 Å². The third-order valence-corrected chi connectivity index (χ3v) is 24.9. The van der Waals surface area contributed by atoms with Crippen molar-refractivity contribution in [2.24, 2.45) is 35.0 Å². The number of phenolic OH excluding ortho intramolecular Hbond substituents is 1. The van der Waals surface area contributed by atoms with Crippen molar-refractivity contribution < 1.29 is 115 Å². The number of amides is 2. The van der Waals surface area contributed by atoms with Crippen molar-refractivity contribution in [3.63, 3.8) is 0 Å². The molecule has 32 heteroatoms. The number of carboxylic acids is 2. The highest BCUT2D eigenvalue weighted by atomic mass is 19.3. The molecule has 1 unspecified atom stereocenters. The molecular weight excluding hydrogens is 1560 g/mol. The van der Waals surface area contributed by atoms with Gasteiger partial charge in [-0.05, 0) is 134 Å². The number of carbonyl (C=O) groups excluding carboxylic acids is 4. The van der Waals surface area contributed by atoms with Gasteiger partial charge in [0, 0.05) is 122 Å². The highest BCUT2D eigenvalue weighted by Crippen LogP contribution is 2.48. The van der Waals surface area contributed by atoms with Gasteiger partial charge in [-0.3, -0.25) is 38.4 Å². The molecule has 7 aromatic rings. The number of hydrogen-bond donors (Lipinski definition) is 7. The number of pyridine rings is 1. The summed E-state index contributed by atoms with van der Waals surface area (Å²) >= 11 is 0. The SMILES string of the molecule is CC(=O)O[C@H]1[C@H](C)[C@H](O)[C@H](C)[C@@H](O)[C@@H](C(C)OC(=O)C(C)(C)CC(=O)O)/C=C/C=C(/C)C(=O)Nc2c(=O)c3c(O)c(C)c4c(c3c3nc5c(=O)cc(N6CCC(CCCC(=O)N7Cc8cc(-c9ccc%10c(=O)c(C(=O)O)cn(C%11CC%11)c%10c9OC(F)F)ccc8[C@H]7C)CC6)cc5oc23)=C(O)[C@@](C)(O/C=C/[C@H](O[C@H]2C[C@@H]3OCO[C@@H]3[C@@H](C)O2)[C@H]1C)O4. The van der Waals surface area contributed by atoms with Crippen molar-refractivity contribution in [2.75, 3.05) is 30.1 Å². The molecule has 15 rings (SSSR count). The molecule has 2 aromatic heterocycles. The van der Waals surface area contributed by atoms with E-state index in [1.807, 2.05) is 24.0 Å². The van der Waals surface area contributed by atoms with Gasteiger partial charge < -0.3 is 97.4 Å². The number of aromatic nitrogens is 2. The first-order valence-electron chi connectivity index (χ1n) is 40.5. The van der Waals surface area contributed by atoms with E-state index in [9.17, 15) is 77.8 Å². The zero-order valence-electron chi connectivity index (χ0n) is 68.5. The Morgan fingerprint density at radius 3 is 2.29 bits per heavy atom. The van der Waals surface area contributed by atoms with Crippen molar-refractivity contribution in [1.29, 1.82) is 0 Å². The Morgan fingerprint density at radius 1 is 0.867 bits per heavy atom. The summed E-state index contributed by atoms with van der Waals surface area (Å²) in [5.74, 6) is -13.5. The van der Waals surface area contributed by atoms with Gasteiger partial charge in [-0.25, -0.2) is 9.78 Å². The number of aromatic carboxylic acids is 1. The lowest BCUT2D eigenvalue weighted by Crippen LogP contribution is -2.50. The van der Waals surface area contributed by atoms with Crippen LogP contribution in [0.4, 0.5) is 20.2 Å². The summed E-state index contributed by atoms with van der Waals surface area (Å²) in [5, 5.41) is 71.3. The number of fused-ring (bicyclic) bond motifs is 17. The zero-order valence-corrected chi connectivity index (χ0v) is 68.5. The molecule has 2 amide bonds. The van der Waals surface area contributed by atoms with Crippen LogP contribution in [-0.4, -0.2) is 168 Å². The standard InChI is InChI=1S/C88H99F2N5O25/c1-39-15-13-17-54(45(7)115-85(110)87(10,11)35-63(99)100)73(102)41(3)72(101)42(4)77(116-47(9)96)40(2)59(117-64-34-61-79(46(8)114-64)112-38-111-61)27-30-113-88(12)82(106)67-65-66(74(103)43(5)78(67)120-88)76(105)70(92-83(39)107)81-69(65)91-68-58(97)32-52(33-60(68)118-81)93-28-25-48(26-29-93)16-14-18-62(98)94-36-50-31-49(19-22-53(50)44(94)6)55-23-24-56-71(80(55)119-86(89)90)95(51-20-21-51)37-57(75(56)104)84(108)109/h13,15,17,19,22-24,27,30-33,37,40-42,44-46,48,51,54,59,61,64,72-73,77,79,86,101-103,106H,14,16,18,20-21,25-26,28-29,34-36,38H2,1-12H3,(H,92,107)(H,99,100)(H,108,109)/b17-13+,30-27+,39-15-/t40-,41+,42-,44-,45?,46-,54-,59+,61+,64+,72-,73-,77-,79-,88+/m1/s1. The van der Waals surface area contributed by atoms with Crippen molar-refractivity contribution in [3.8, 4) is 28.4 Å². The Morgan fingerprint density at radius 2 is 1.60 bits per heavy atom. The van der Waals surface area contributed by atoms with E-state index in [-0.39, 0.29) is 116 Å². The Balaban J connectivity index is 0.765. The normalized spacial score (nSPS) is 27.5. The van der Waals surface area contributed by atoms with Crippen molar-refractivity contribution in [1.82, 2.24) is 14.5 Å². The number of anilines is 2. The third kappa shape index (κ3) is 16.4. The van der Waals surface area contributed by atoms with Crippen LogP contribution in [0.5, 0.6) is 17.2 Å². The molecular formula is C88H99F2N5O25. The topological polar surface area (TPSA) is 408 Å². The first kappa shape index (κ1) is 85.5. The van der Waals surface area contributed by atoms with E-state index >= 15 is 4.79 Å². The monoisotopic (exact) mass is 1660 g/mol. The van der Waals surface area contributed by atoms with Gasteiger partial charge in [0.1, 0.15) is 53.4 Å². The second-order valence-corrected chi connectivity index (χ2v) is 33.6. The number of benzene rings is 5. The minimum atomic E-state index is -3.27. The molecule has 15 atom stereocenters. The number of rotatable bonds is 18. The molecule has 3 saturated heterocycles. The lowest BCUT2D eigenvalue weighted by molar-refractivity contribution is -0.246. The summed E-state index contributed by atoms with van der Waals surface area (Å²) in [6, 6.07) is 10.8. The van der Waals surface area contributed by atoms with Crippen LogP contribution in [0.15, 0.2) is 104 Å². The molecule has 1 saturated carbocycles. The van der Waals surface area contributed by atoms with E-state index in [0.29, 0.717) is 62.9 Å². The van der Waals surface area contributed by atoms with E-state index < -0.39 is 183 Å². The molecule has 7 aliphatic heterocycles. The van der Waals surface area contributed by atoms with Crippen molar-refractivity contribution >= 4 is 96.7 Å². The number of halogens is 2. The average molecular weight is 1660 g/mol. The molecule has 8 aliphatic rings. The number of aliphatic hydroxyl groups excluding tert-OH is 3. The lowest BCUT2D eigenvalue weighted by Gasteiger charge is -2.41. The Bertz CT molecular complexity index is 5650. The van der Waals surface area contributed by atoms with Gasteiger partial charge in [0.15, 0.2) is 34.5 Å². The number of ether oxygens (including phenoxy) is 9. The number of nitrogens with one attached hydrogen (secondary N) is 1. The second-order valence-electron chi connectivity index (χ2n) is 33.6. The van der Waals surface area contributed by atoms with Crippen molar-refractivity contribution in [3.05, 3.63) is 143 Å². The van der Waals surface area contributed by atoms with Gasteiger partial charge >= 0.3 is 36.3 Å². The highest BCUT2D eigenvalue weighted by Gasteiger charge is 2.49. The maximum Gasteiger partial charge on any atom is 0.387 e. The molecule has 7 N–H and O–H groups in total. The minimum absolute atomic E-state index is 0.0162. The van der Waals surface area contributed by atoms with E-state index in [1.165, 1.54) is 104 Å². The molecule has 9 heterocycles. The number of hydrogen-bond acceptors (Lipinski definition) is 25. The Kier molecular flexibility index (Phi) is 23.9. The number of carbonyl (C=O) groups is 6. The molecule has 0 radical (unpaired) electrons. The van der Waals surface area contributed by atoms with Gasteiger partial charge in [0.25, 0.3) is 5.91 Å². The molecule has 5 aromatic carbocycles. The van der Waals surface area contributed by atoms with Crippen LogP contribution < -0.4 is 41.2 Å².